The molecule has 1 fully saturated rings. The molecule has 0 bridgehead atoms. The van der Waals surface area contributed by atoms with Gasteiger partial charge < -0.3 is 4.74 Å². The Kier molecular flexibility index (Phi) is 4.83. The van der Waals surface area contributed by atoms with Crippen molar-refractivity contribution in [3.8, 4) is 0 Å². The Morgan fingerprint density at radius 2 is 2.38 bits per heavy atom. The van der Waals surface area contributed by atoms with Crippen molar-refractivity contribution < 1.29 is 9.53 Å². The molecule has 1 heterocycles. The molecule has 1 rings (SSSR count). The van der Waals surface area contributed by atoms with E-state index in [9.17, 15) is 4.79 Å². The van der Waals surface area contributed by atoms with Crippen LogP contribution in [0, 0.1) is 0 Å². The molecule has 76 valence electrons. The molecule has 0 aromatic heterocycles. The molecule has 1 aliphatic heterocycles. The summed E-state index contributed by atoms with van der Waals surface area (Å²) in [5.41, 5.74) is 0. The van der Waals surface area contributed by atoms with E-state index >= 15 is 0 Å². The summed E-state index contributed by atoms with van der Waals surface area (Å²) in [6, 6.07) is 0. The van der Waals surface area contributed by atoms with Gasteiger partial charge in [0.05, 0.1) is 0 Å². The summed E-state index contributed by atoms with van der Waals surface area (Å²) in [5.74, 6) is -0.0544. The van der Waals surface area contributed by atoms with Gasteiger partial charge in [0.1, 0.15) is 0 Å². The number of piperidine rings is 1. The van der Waals surface area contributed by atoms with Crippen molar-refractivity contribution in [2.45, 2.75) is 51.7 Å². The third-order valence-corrected chi connectivity index (χ3v) is 2.27. The first kappa shape index (κ1) is 10.5. The second kappa shape index (κ2) is 5.97. The molecule has 0 radical (unpaired) electrons. The molecular weight excluding hydrogens is 166 g/mol. The predicted octanol–water partition coefficient (Wildman–Crippen LogP) is 1.82. The topological polar surface area (TPSA) is 38.3 Å². The Morgan fingerprint density at radius 3 is 3.00 bits per heavy atom. The molecule has 0 aromatic rings. The van der Waals surface area contributed by atoms with E-state index in [1.165, 1.54) is 12.8 Å². The van der Waals surface area contributed by atoms with E-state index in [0.29, 0.717) is 6.42 Å². The van der Waals surface area contributed by atoms with Gasteiger partial charge in [-0.1, -0.05) is 13.3 Å². The largest absolute Gasteiger partial charge is 0.447 e. The fourth-order valence-electron chi connectivity index (χ4n) is 1.46. The van der Waals surface area contributed by atoms with E-state index in [2.05, 4.69) is 12.2 Å². The number of nitrogens with one attached hydrogen (secondary N) is 1. The lowest BCUT2D eigenvalue weighted by molar-refractivity contribution is -0.152. The second-order valence-electron chi connectivity index (χ2n) is 3.53. The van der Waals surface area contributed by atoms with E-state index in [1.807, 2.05) is 0 Å². The zero-order valence-corrected chi connectivity index (χ0v) is 8.34. The van der Waals surface area contributed by atoms with Gasteiger partial charge in [-0.05, 0) is 32.2 Å². The Hall–Kier alpha value is -0.570. The minimum atomic E-state index is -0.0544. The minimum absolute atomic E-state index is 0.0156. The number of carbonyl (C=O) groups is 1. The number of rotatable bonds is 4. The van der Waals surface area contributed by atoms with Crippen molar-refractivity contribution in [2.24, 2.45) is 0 Å². The third-order valence-electron chi connectivity index (χ3n) is 2.27. The smallest absolute Gasteiger partial charge is 0.307 e. The fourth-order valence-corrected chi connectivity index (χ4v) is 1.46. The number of unbranched alkanes of at least 4 members (excludes halogenated alkanes) is 1. The van der Waals surface area contributed by atoms with Gasteiger partial charge in [0.25, 0.3) is 0 Å². The normalized spacial score (nSPS) is 22.7. The van der Waals surface area contributed by atoms with Gasteiger partial charge >= 0.3 is 5.97 Å². The van der Waals surface area contributed by atoms with E-state index in [0.717, 1.165) is 25.8 Å². The van der Waals surface area contributed by atoms with Crippen LogP contribution < -0.4 is 5.32 Å². The van der Waals surface area contributed by atoms with Gasteiger partial charge in [-0.15, -0.1) is 0 Å². The van der Waals surface area contributed by atoms with Crippen LogP contribution in [0.15, 0.2) is 0 Å². The van der Waals surface area contributed by atoms with Crippen molar-refractivity contribution in [2.75, 3.05) is 6.54 Å². The van der Waals surface area contributed by atoms with Crippen molar-refractivity contribution in [3.05, 3.63) is 0 Å². The summed E-state index contributed by atoms with van der Waals surface area (Å²) in [6.07, 6.45) is 5.87. The number of ether oxygens (including phenoxy) is 1. The first-order valence-corrected chi connectivity index (χ1v) is 5.26. The molecule has 0 amide bonds. The third kappa shape index (κ3) is 4.27. The predicted molar refractivity (Wildman–Crippen MR) is 51.3 cm³/mol. The molecule has 3 heteroatoms. The summed E-state index contributed by atoms with van der Waals surface area (Å²) in [7, 11) is 0. The molecule has 3 nitrogen and oxygen atoms in total. The first-order chi connectivity index (χ1) is 6.33. The molecule has 1 saturated heterocycles. The van der Waals surface area contributed by atoms with E-state index in [1.54, 1.807) is 0 Å². The zero-order chi connectivity index (χ0) is 9.52. The Morgan fingerprint density at radius 1 is 1.54 bits per heavy atom. The highest BCUT2D eigenvalue weighted by molar-refractivity contribution is 5.69. The molecule has 0 aromatic carbocycles. The molecule has 1 aliphatic rings. The van der Waals surface area contributed by atoms with Gasteiger partial charge in [-0.25, -0.2) is 0 Å². The van der Waals surface area contributed by atoms with E-state index in [-0.39, 0.29) is 12.2 Å². The lowest BCUT2D eigenvalue weighted by Gasteiger charge is -2.23. The Labute approximate surface area is 79.8 Å². The average molecular weight is 185 g/mol. The monoisotopic (exact) mass is 185 g/mol. The van der Waals surface area contributed by atoms with Crippen molar-refractivity contribution >= 4 is 5.97 Å². The maximum atomic E-state index is 11.2. The van der Waals surface area contributed by atoms with Crippen LogP contribution in [-0.2, 0) is 9.53 Å². The number of esters is 1. The Balaban J connectivity index is 2.11. The van der Waals surface area contributed by atoms with Gasteiger partial charge in [0.2, 0.25) is 0 Å². The highest BCUT2D eigenvalue weighted by atomic mass is 16.6. The molecule has 0 spiro atoms. The summed E-state index contributed by atoms with van der Waals surface area (Å²) in [4.78, 5) is 11.2. The number of hydrogen-bond acceptors (Lipinski definition) is 3. The molecule has 13 heavy (non-hydrogen) atoms. The maximum absolute atomic E-state index is 11.2. The first-order valence-electron chi connectivity index (χ1n) is 5.26. The number of hydrogen-bond donors (Lipinski definition) is 1. The van der Waals surface area contributed by atoms with Gasteiger partial charge in [-0.3, -0.25) is 10.1 Å². The van der Waals surface area contributed by atoms with Crippen LogP contribution in [0.5, 0.6) is 0 Å². The van der Waals surface area contributed by atoms with Crippen LogP contribution in [0.25, 0.3) is 0 Å². The molecule has 0 saturated carbocycles. The molecule has 1 unspecified atom stereocenters. The van der Waals surface area contributed by atoms with Gasteiger partial charge in [0.15, 0.2) is 6.23 Å². The van der Waals surface area contributed by atoms with Crippen LogP contribution in [0.2, 0.25) is 0 Å². The van der Waals surface area contributed by atoms with Crippen molar-refractivity contribution in [1.82, 2.24) is 5.32 Å². The fraction of sp³-hybridized carbons (Fsp3) is 0.900. The standard InChI is InChI=1S/C10H19NO2/c1-2-3-7-10(12)13-9-6-4-5-8-11-9/h9,11H,2-8H2,1H3. The number of carbonyl (C=O) groups excluding carboxylic acids is 1. The molecular formula is C10H19NO2. The Bertz CT molecular complexity index is 153. The molecule has 1 N–H and O–H groups in total. The summed E-state index contributed by atoms with van der Waals surface area (Å²) in [6.45, 7) is 3.05. The SMILES string of the molecule is CCCCC(=O)OC1CCCCN1. The van der Waals surface area contributed by atoms with Crippen molar-refractivity contribution in [1.29, 1.82) is 0 Å². The summed E-state index contributed by atoms with van der Waals surface area (Å²) in [5, 5.41) is 3.18. The molecule has 0 aliphatic carbocycles. The minimum Gasteiger partial charge on any atom is -0.447 e. The van der Waals surface area contributed by atoms with Crippen LogP contribution in [0.4, 0.5) is 0 Å². The summed E-state index contributed by atoms with van der Waals surface area (Å²) < 4.78 is 5.24. The lowest BCUT2D eigenvalue weighted by Crippen LogP contribution is -2.37. The lowest BCUT2D eigenvalue weighted by atomic mass is 10.1. The van der Waals surface area contributed by atoms with Crippen LogP contribution in [0.1, 0.15) is 45.4 Å². The molecule has 1 atom stereocenters. The van der Waals surface area contributed by atoms with Crippen LogP contribution >= 0.6 is 0 Å². The highest BCUT2D eigenvalue weighted by Crippen LogP contribution is 2.09. The summed E-state index contributed by atoms with van der Waals surface area (Å²) >= 11 is 0. The quantitative estimate of drug-likeness (QED) is 0.679. The van der Waals surface area contributed by atoms with Gasteiger partial charge in [-0.2, -0.15) is 0 Å². The van der Waals surface area contributed by atoms with Crippen LogP contribution in [0.3, 0.4) is 0 Å². The van der Waals surface area contributed by atoms with E-state index in [4.69, 9.17) is 4.74 Å². The highest BCUT2D eigenvalue weighted by Gasteiger charge is 2.15. The van der Waals surface area contributed by atoms with Crippen molar-refractivity contribution in [3.63, 3.8) is 0 Å². The maximum Gasteiger partial charge on any atom is 0.307 e. The average Bonchev–Trinajstić information content (AvgIpc) is 2.16. The zero-order valence-electron chi connectivity index (χ0n) is 8.34. The van der Waals surface area contributed by atoms with Crippen LogP contribution in [-0.4, -0.2) is 18.7 Å². The van der Waals surface area contributed by atoms with Gasteiger partial charge in [0, 0.05) is 6.42 Å². The second-order valence-corrected chi connectivity index (χ2v) is 3.53. The van der Waals surface area contributed by atoms with E-state index < -0.39 is 0 Å².